The van der Waals surface area contributed by atoms with Crippen LogP contribution in [0.5, 0.6) is 0 Å². The number of amides is 1. The molecule has 0 radical (unpaired) electrons. The molecule has 2 aromatic rings. The highest BCUT2D eigenvalue weighted by Gasteiger charge is 2.26. The fourth-order valence-electron chi connectivity index (χ4n) is 2.27. The number of hydrogen-bond donors (Lipinski definition) is 0. The maximum absolute atomic E-state index is 11.5. The Morgan fingerprint density at radius 3 is 3.00 bits per heavy atom. The molecule has 4 rings (SSSR count). The number of imidazole rings is 1. The van der Waals surface area contributed by atoms with Crippen molar-refractivity contribution in [2.24, 2.45) is 4.99 Å². The van der Waals surface area contributed by atoms with E-state index in [1.807, 2.05) is 29.1 Å². The first kappa shape index (κ1) is 9.76. The van der Waals surface area contributed by atoms with E-state index in [1.165, 1.54) is 12.8 Å². The summed E-state index contributed by atoms with van der Waals surface area (Å²) in [5, 5.41) is 0. The molecule has 1 aliphatic carbocycles. The number of rotatable bonds is 2. The summed E-state index contributed by atoms with van der Waals surface area (Å²) in [6.07, 6.45) is 7.97. The van der Waals surface area contributed by atoms with Gasteiger partial charge in [-0.1, -0.05) is 6.07 Å². The standard InChI is InChI=1S/C14H11N3O/c18-14-12-5-11(4-3-10(12)6-15-14)17-7-13(16-8-17)9-1-2-9/h3-9H,1-2H2. The second kappa shape index (κ2) is 3.38. The Kier molecular flexibility index (Phi) is 1.84. The van der Waals surface area contributed by atoms with Crippen LogP contribution in [0.2, 0.25) is 0 Å². The maximum atomic E-state index is 11.5. The van der Waals surface area contributed by atoms with Crippen LogP contribution in [0.3, 0.4) is 0 Å². The maximum Gasteiger partial charge on any atom is 0.277 e. The van der Waals surface area contributed by atoms with Crippen molar-refractivity contribution in [3.05, 3.63) is 47.5 Å². The molecule has 0 saturated heterocycles. The highest BCUT2D eigenvalue weighted by molar-refractivity contribution is 6.13. The van der Waals surface area contributed by atoms with Gasteiger partial charge in [-0.15, -0.1) is 0 Å². The van der Waals surface area contributed by atoms with Crippen molar-refractivity contribution in [2.75, 3.05) is 0 Å². The number of aromatic nitrogens is 2. The molecular weight excluding hydrogens is 226 g/mol. The predicted octanol–water partition coefficient (Wildman–Crippen LogP) is 2.32. The van der Waals surface area contributed by atoms with Gasteiger partial charge in [-0.2, -0.15) is 0 Å². The molecule has 1 fully saturated rings. The minimum Gasteiger partial charge on any atom is -0.306 e. The summed E-state index contributed by atoms with van der Waals surface area (Å²) in [7, 11) is 0. The van der Waals surface area contributed by atoms with Gasteiger partial charge in [0, 0.05) is 29.6 Å². The van der Waals surface area contributed by atoms with Gasteiger partial charge in [0.25, 0.3) is 5.91 Å². The van der Waals surface area contributed by atoms with E-state index in [9.17, 15) is 4.79 Å². The van der Waals surface area contributed by atoms with Crippen LogP contribution in [0.1, 0.15) is 40.4 Å². The molecule has 0 N–H and O–H groups in total. The number of hydrogen-bond acceptors (Lipinski definition) is 2. The van der Waals surface area contributed by atoms with Crippen molar-refractivity contribution in [3.8, 4) is 5.69 Å². The van der Waals surface area contributed by atoms with E-state index >= 15 is 0 Å². The van der Waals surface area contributed by atoms with E-state index in [4.69, 9.17) is 0 Å². The van der Waals surface area contributed by atoms with E-state index in [1.54, 1.807) is 6.21 Å². The second-order valence-electron chi connectivity index (χ2n) is 4.81. The Bertz CT molecular complexity index is 680. The van der Waals surface area contributed by atoms with E-state index in [0.29, 0.717) is 11.5 Å². The van der Waals surface area contributed by atoms with Crippen LogP contribution in [0, 0.1) is 0 Å². The Hall–Kier alpha value is -2.23. The molecule has 18 heavy (non-hydrogen) atoms. The third-order valence-corrected chi connectivity index (χ3v) is 3.48. The molecule has 0 bridgehead atoms. The van der Waals surface area contributed by atoms with Gasteiger partial charge in [-0.3, -0.25) is 4.79 Å². The summed E-state index contributed by atoms with van der Waals surface area (Å²) in [6, 6.07) is 5.79. The van der Waals surface area contributed by atoms with Gasteiger partial charge >= 0.3 is 0 Å². The van der Waals surface area contributed by atoms with Crippen LogP contribution in [0.25, 0.3) is 5.69 Å². The minimum atomic E-state index is -0.158. The Labute approximate surface area is 104 Å². The first-order valence-corrected chi connectivity index (χ1v) is 6.08. The normalized spacial score (nSPS) is 17.2. The highest BCUT2D eigenvalue weighted by atomic mass is 16.1. The summed E-state index contributed by atoms with van der Waals surface area (Å²) in [5.41, 5.74) is 3.69. The molecule has 88 valence electrons. The first-order valence-electron chi connectivity index (χ1n) is 6.08. The van der Waals surface area contributed by atoms with Crippen molar-refractivity contribution in [1.29, 1.82) is 0 Å². The molecule has 0 atom stereocenters. The van der Waals surface area contributed by atoms with Gasteiger partial charge in [0.05, 0.1) is 17.6 Å². The zero-order valence-electron chi connectivity index (χ0n) is 9.71. The molecule has 0 spiro atoms. The lowest BCUT2D eigenvalue weighted by Gasteiger charge is -2.03. The molecule has 2 aliphatic rings. The van der Waals surface area contributed by atoms with Crippen LogP contribution in [0.15, 0.2) is 35.7 Å². The van der Waals surface area contributed by atoms with Gasteiger partial charge in [0.2, 0.25) is 0 Å². The zero-order chi connectivity index (χ0) is 12.1. The fraction of sp³-hybridized carbons (Fsp3) is 0.214. The molecule has 4 nitrogen and oxygen atoms in total. The predicted molar refractivity (Wildman–Crippen MR) is 67.5 cm³/mol. The van der Waals surface area contributed by atoms with Crippen molar-refractivity contribution in [3.63, 3.8) is 0 Å². The van der Waals surface area contributed by atoms with Gasteiger partial charge in [-0.25, -0.2) is 9.98 Å². The van der Waals surface area contributed by atoms with E-state index in [0.717, 1.165) is 16.9 Å². The monoisotopic (exact) mass is 237 g/mol. The Morgan fingerprint density at radius 2 is 2.17 bits per heavy atom. The summed E-state index contributed by atoms with van der Waals surface area (Å²) in [5.74, 6) is 0.486. The van der Waals surface area contributed by atoms with Crippen molar-refractivity contribution < 1.29 is 4.79 Å². The van der Waals surface area contributed by atoms with E-state index in [2.05, 4.69) is 16.2 Å². The van der Waals surface area contributed by atoms with Crippen molar-refractivity contribution in [1.82, 2.24) is 9.55 Å². The number of carbonyl (C=O) groups excluding carboxylic acids is 1. The molecule has 0 unspecified atom stereocenters. The highest BCUT2D eigenvalue weighted by Crippen LogP contribution is 2.39. The van der Waals surface area contributed by atoms with Crippen LogP contribution >= 0.6 is 0 Å². The topological polar surface area (TPSA) is 47.2 Å². The average molecular weight is 237 g/mol. The molecule has 1 amide bonds. The lowest BCUT2D eigenvalue weighted by Crippen LogP contribution is -1.96. The summed E-state index contributed by atoms with van der Waals surface area (Å²) in [6.45, 7) is 0. The Morgan fingerprint density at radius 1 is 1.28 bits per heavy atom. The largest absolute Gasteiger partial charge is 0.306 e. The number of fused-ring (bicyclic) bond motifs is 1. The van der Waals surface area contributed by atoms with Gasteiger partial charge in [0.15, 0.2) is 0 Å². The molecule has 4 heteroatoms. The summed E-state index contributed by atoms with van der Waals surface area (Å²) >= 11 is 0. The molecule has 2 heterocycles. The third kappa shape index (κ3) is 1.42. The molecule has 1 saturated carbocycles. The van der Waals surface area contributed by atoms with Gasteiger partial charge in [-0.05, 0) is 25.0 Å². The summed E-state index contributed by atoms with van der Waals surface area (Å²) < 4.78 is 1.97. The number of carbonyl (C=O) groups is 1. The lowest BCUT2D eigenvalue weighted by atomic mass is 10.1. The van der Waals surface area contributed by atoms with Crippen LogP contribution in [-0.4, -0.2) is 21.7 Å². The number of aliphatic imine (C=N–C) groups is 1. The molecule has 1 aliphatic heterocycles. The Balaban J connectivity index is 1.76. The third-order valence-electron chi connectivity index (χ3n) is 3.48. The molecule has 1 aromatic heterocycles. The quantitative estimate of drug-likeness (QED) is 0.804. The smallest absolute Gasteiger partial charge is 0.277 e. The first-order chi connectivity index (χ1) is 8.81. The van der Waals surface area contributed by atoms with Crippen LogP contribution in [0.4, 0.5) is 0 Å². The lowest BCUT2D eigenvalue weighted by molar-refractivity contribution is 0.101. The minimum absolute atomic E-state index is 0.158. The average Bonchev–Trinajstić information content (AvgIpc) is 3.01. The van der Waals surface area contributed by atoms with Crippen LogP contribution in [-0.2, 0) is 0 Å². The number of benzene rings is 1. The fourth-order valence-corrected chi connectivity index (χ4v) is 2.27. The summed E-state index contributed by atoms with van der Waals surface area (Å²) in [4.78, 5) is 19.8. The zero-order valence-corrected chi connectivity index (χ0v) is 9.71. The SMILES string of the molecule is O=C1N=Cc2ccc(-n3cnc(C4CC4)c3)cc21. The molecule has 1 aromatic carbocycles. The van der Waals surface area contributed by atoms with Gasteiger partial charge in [0.1, 0.15) is 0 Å². The van der Waals surface area contributed by atoms with Crippen molar-refractivity contribution in [2.45, 2.75) is 18.8 Å². The van der Waals surface area contributed by atoms with E-state index < -0.39 is 0 Å². The van der Waals surface area contributed by atoms with E-state index in [-0.39, 0.29) is 5.91 Å². The van der Waals surface area contributed by atoms with Crippen LogP contribution < -0.4 is 0 Å². The van der Waals surface area contributed by atoms with Crippen molar-refractivity contribution >= 4 is 12.1 Å². The van der Waals surface area contributed by atoms with Gasteiger partial charge < -0.3 is 4.57 Å². The number of nitrogens with zero attached hydrogens (tertiary/aromatic N) is 3. The molecular formula is C14H11N3O. The second-order valence-corrected chi connectivity index (χ2v) is 4.81.